The number of nitrogens with two attached hydrogens (primary N) is 1. The van der Waals surface area contributed by atoms with Gasteiger partial charge in [0.2, 0.25) is 0 Å². The van der Waals surface area contributed by atoms with Gasteiger partial charge in [0.15, 0.2) is 5.84 Å². The Morgan fingerprint density at radius 1 is 1.04 bits per heavy atom. The number of amides is 2. The van der Waals surface area contributed by atoms with E-state index in [9.17, 15) is 14.8 Å². The summed E-state index contributed by atoms with van der Waals surface area (Å²) in [6.07, 6.45) is -2.08. The molecule has 2 amide bonds. The number of nitrogens with zero attached hydrogens (tertiary/aromatic N) is 2. The van der Waals surface area contributed by atoms with Crippen LogP contribution < -0.4 is 10.7 Å². The van der Waals surface area contributed by atoms with Gasteiger partial charge in [-0.05, 0) is 72.2 Å². The molecule has 0 radical (unpaired) electrons. The molecule has 0 saturated carbocycles. The Bertz CT molecular complexity index is 704. The van der Waals surface area contributed by atoms with Gasteiger partial charge in [-0.1, -0.05) is 5.16 Å². The van der Waals surface area contributed by atoms with E-state index in [-0.39, 0.29) is 11.4 Å². The lowest BCUT2D eigenvalue weighted by molar-refractivity contribution is 0.0142. The molecule has 0 saturated heterocycles. The summed E-state index contributed by atoms with van der Waals surface area (Å²) >= 11 is 0. The highest BCUT2D eigenvalue weighted by atomic mass is 16.6. The maximum Gasteiger partial charge on any atom is 0.425 e. The highest BCUT2D eigenvalue weighted by Gasteiger charge is 2.36. The van der Waals surface area contributed by atoms with Gasteiger partial charge in [-0.15, -0.1) is 0 Å². The number of hydrogen-bond acceptors (Lipinski definition) is 8. The van der Waals surface area contributed by atoms with Crippen LogP contribution in [0.1, 0.15) is 52.7 Å². The van der Waals surface area contributed by atoms with Crippen molar-refractivity contribution in [2.75, 3.05) is 0 Å². The van der Waals surface area contributed by atoms with Crippen LogP contribution in [0, 0.1) is 6.92 Å². The van der Waals surface area contributed by atoms with Crippen molar-refractivity contribution < 1.29 is 29.1 Å². The number of benzene rings is 1. The molecule has 0 fully saturated rings. The van der Waals surface area contributed by atoms with Gasteiger partial charge in [0.25, 0.3) is 0 Å². The van der Waals surface area contributed by atoms with Gasteiger partial charge in [-0.2, -0.15) is 10.8 Å². The second-order valence-electron chi connectivity index (χ2n) is 7.81. The fraction of sp³-hybridized carbons (Fsp3) is 0.500. The summed E-state index contributed by atoms with van der Waals surface area (Å²) < 4.78 is 10.5. The van der Waals surface area contributed by atoms with E-state index in [4.69, 9.17) is 15.4 Å². The first-order valence-corrected chi connectivity index (χ1v) is 8.25. The first kappa shape index (κ1) is 22.2. The lowest BCUT2D eigenvalue weighted by Crippen LogP contribution is -2.47. The largest absolute Gasteiger partial charge is 0.443 e. The van der Waals surface area contributed by atoms with Gasteiger partial charge in [0.05, 0.1) is 0 Å². The zero-order valence-electron chi connectivity index (χ0n) is 16.7. The van der Waals surface area contributed by atoms with Gasteiger partial charge in [0, 0.05) is 5.56 Å². The quantitative estimate of drug-likeness (QED) is 0.347. The second kappa shape index (κ2) is 8.26. The van der Waals surface area contributed by atoms with Gasteiger partial charge < -0.3 is 19.5 Å². The number of oxime groups is 1. The minimum atomic E-state index is -1.04. The summed E-state index contributed by atoms with van der Waals surface area (Å²) in [5.74, 6) is 5.14. The molecule has 0 spiro atoms. The maximum absolute atomic E-state index is 12.7. The predicted octanol–water partition coefficient (Wildman–Crippen LogP) is 3.56. The number of imide groups is 1. The highest BCUT2D eigenvalue weighted by Crippen LogP contribution is 2.22. The van der Waals surface area contributed by atoms with Gasteiger partial charge >= 0.3 is 12.2 Å². The Kier molecular flexibility index (Phi) is 6.80. The smallest absolute Gasteiger partial charge is 0.425 e. The molecule has 0 heterocycles. The summed E-state index contributed by atoms with van der Waals surface area (Å²) in [7, 11) is 0. The molecule has 0 aliphatic rings. The van der Waals surface area contributed by atoms with Crippen LogP contribution in [0.25, 0.3) is 0 Å². The molecule has 9 nitrogen and oxygen atoms in total. The summed E-state index contributed by atoms with van der Waals surface area (Å²) in [6.45, 7) is 11.5. The van der Waals surface area contributed by atoms with Crippen molar-refractivity contribution in [3.63, 3.8) is 0 Å². The maximum atomic E-state index is 12.7. The fourth-order valence-corrected chi connectivity index (χ4v) is 2.04. The van der Waals surface area contributed by atoms with Crippen molar-refractivity contribution in [1.29, 1.82) is 0 Å². The van der Waals surface area contributed by atoms with Crippen molar-refractivity contribution >= 4 is 18.0 Å². The molecule has 0 bridgehead atoms. The number of hydrogen-bond donors (Lipinski definition) is 2. The molecule has 9 heteroatoms. The van der Waals surface area contributed by atoms with Crippen LogP contribution in [0.4, 0.5) is 9.59 Å². The van der Waals surface area contributed by atoms with E-state index in [0.717, 1.165) is 0 Å². The summed E-state index contributed by atoms with van der Waals surface area (Å²) in [6, 6.07) is 4.55. The minimum Gasteiger partial charge on any atom is -0.443 e. The predicted molar refractivity (Wildman–Crippen MR) is 98.6 cm³/mol. The van der Waals surface area contributed by atoms with Crippen molar-refractivity contribution in [2.45, 2.75) is 59.7 Å². The third-order valence-electron chi connectivity index (χ3n) is 3.03. The first-order chi connectivity index (χ1) is 12.3. The monoisotopic (exact) mass is 381 g/mol. The summed E-state index contributed by atoms with van der Waals surface area (Å²) in [4.78, 5) is 30.5. The fourth-order valence-electron chi connectivity index (χ4n) is 2.04. The van der Waals surface area contributed by atoms with E-state index in [0.29, 0.717) is 16.2 Å². The topological polar surface area (TPSA) is 124 Å². The first-order valence-electron chi connectivity index (χ1n) is 8.25. The van der Waals surface area contributed by atoms with Gasteiger partial charge in [0.1, 0.15) is 17.0 Å². The summed E-state index contributed by atoms with van der Waals surface area (Å²) in [5, 5.41) is 12.7. The van der Waals surface area contributed by atoms with E-state index in [1.807, 2.05) is 0 Å². The molecule has 1 aromatic rings. The second-order valence-corrected chi connectivity index (χ2v) is 7.81. The Balaban J connectivity index is 3.42. The molecular formula is C18H27N3O6. The number of amidine groups is 1. The van der Waals surface area contributed by atoms with Crippen molar-refractivity contribution in [3.8, 4) is 5.75 Å². The molecule has 0 aromatic heterocycles. The zero-order chi connectivity index (χ0) is 21.0. The van der Waals surface area contributed by atoms with E-state index >= 15 is 0 Å². The number of ether oxygens (including phenoxy) is 2. The van der Waals surface area contributed by atoms with Crippen molar-refractivity contribution in [2.24, 2.45) is 11.1 Å². The molecule has 0 atom stereocenters. The molecule has 150 valence electrons. The Labute approximate surface area is 158 Å². The molecule has 3 N–H and O–H groups in total. The molecule has 0 aliphatic heterocycles. The molecule has 0 aliphatic carbocycles. The van der Waals surface area contributed by atoms with Crippen LogP contribution in [-0.4, -0.2) is 39.3 Å². The Morgan fingerprint density at radius 2 is 1.52 bits per heavy atom. The molecule has 1 aromatic carbocycles. The molecule has 27 heavy (non-hydrogen) atoms. The van der Waals surface area contributed by atoms with E-state index < -0.39 is 23.4 Å². The summed E-state index contributed by atoms with van der Waals surface area (Å²) in [5.41, 5.74) is -0.938. The minimum absolute atomic E-state index is 0.287. The third kappa shape index (κ3) is 6.45. The lowest BCUT2D eigenvalue weighted by Gasteiger charge is -2.29. The SMILES string of the molecule is Cc1cc(ON)ccc1C(=NO)N(C(=O)OC(C)(C)C)C(=O)OC(C)(C)C. The lowest BCUT2D eigenvalue weighted by atomic mass is 10.1. The van der Waals surface area contributed by atoms with Gasteiger partial charge in [-0.3, -0.25) is 0 Å². The zero-order valence-corrected chi connectivity index (χ0v) is 16.7. The number of aryl methyl sites for hydroxylation is 1. The number of carbonyl (C=O) groups excluding carboxylic acids is 2. The van der Waals surface area contributed by atoms with Crippen molar-refractivity contribution in [3.05, 3.63) is 29.3 Å². The average molecular weight is 381 g/mol. The van der Waals surface area contributed by atoms with Crippen LogP contribution in [0.5, 0.6) is 5.75 Å². The Hall–Kier alpha value is -2.81. The van der Waals surface area contributed by atoms with E-state index in [1.54, 1.807) is 54.5 Å². The van der Waals surface area contributed by atoms with Crippen LogP contribution in [-0.2, 0) is 9.47 Å². The highest BCUT2D eigenvalue weighted by molar-refractivity contribution is 6.16. The molecule has 0 unspecified atom stereocenters. The van der Waals surface area contributed by atoms with Crippen LogP contribution in [0.3, 0.4) is 0 Å². The Morgan fingerprint density at radius 3 is 1.85 bits per heavy atom. The normalized spacial score (nSPS) is 12.4. The molecule has 1 rings (SSSR count). The van der Waals surface area contributed by atoms with Gasteiger partial charge in [-0.25, -0.2) is 9.59 Å². The third-order valence-corrected chi connectivity index (χ3v) is 3.03. The average Bonchev–Trinajstić information content (AvgIpc) is 2.48. The standard InChI is InChI=1S/C18H27N3O6/c1-11-10-12(27-19)8-9-13(11)14(20-24)21(15(22)25-17(2,3)4)16(23)26-18(5,6)7/h8-10,24H,19H2,1-7H3. The number of carbonyl (C=O) groups is 2. The van der Waals surface area contributed by atoms with Crippen molar-refractivity contribution in [1.82, 2.24) is 4.90 Å². The molecular weight excluding hydrogens is 354 g/mol. The van der Waals surface area contributed by atoms with E-state index in [2.05, 4.69) is 9.99 Å². The van der Waals surface area contributed by atoms with Crippen LogP contribution in [0.15, 0.2) is 23.4 Å². The van der Waals surface area contributed by atoms with Crippen LogP contribution >= 0.6 is 0 Å². The van der Waals surface area contributed by atoms with Crippen LogP contribution in [0.2, 0.25) is 0 Å². The number of rotatable bonds is 2. The van der Waals surface area contributed by atoms with E-state index in [1.165, 1.54) is 12.1 Å².